The quantitative estimate of drug-likeness (QED) is 0.842. The average molecular weight is 262 g/mol. The molecule has 2 atom stereocenters. The van der Waals surface area contributed by atoms with Crippen LogP contribution >= 0.6 is 0 Å². The Hall–Kier alpha value is -2.24. The molecule has 2 rings (SSSR count). The molecule has 100 valence electrons. The molecule has 0 aliphatic carbocycles. The molecule has 0 fully saturated rings. The van der Waals surface area contributed by atoms with E-state index in [4.69, 9.17) is 4.84 Å². The van der Waals surface area contributed by atoms with Crippen molar-refractivity contribution in [2.45, 2.75) is 25.9 Å². The van der Waals surface area contributed by atoms with Crippen LogP contribution in [0.15, 0.2) is 34.6 Å². The van der Waals surface area contributed by atoms with Crippen LogP contribution in [0.4, 0.5) is 0 Å². The number of phenolic OH excluding ortho intramolecular Hbond substituents is 1. The molecule has 1 aliphatic rings. The Balaban J connectivity index is 2.16. The fourth-order valence-electron chi connectivity index (χ4n) is 2.19. The number of aromatic hydroxyl groups is 1. The van der Waals surface area contributed by atoms with Crippen LogP contribution in [0.25, 0.3) is 0 Å². The van der Waals surface area contributed by atoms with Gasteiger partial charge in [0.05, 0.1) is 12.1 Å². The smallest absolute Gasteiger partial charge is 0.290 e. The largest absolute Gasteiger partial charge is 0.508 e. The summed E-state index contributed by atoms with van der Waals surface area (Å²) in [5.74, 6) is -0.617. The molecule has 19 heavy (non-hydrogen) atoms. The molecular weight excluding hydrogens is 248 g/mol. The highest BCUT2D eigenvalue weighted by molar-refractivity contribution is 6.03. The summed E-state index contributed by atoms with van der Waals surface area (Å²) in [7, 11) is 0. The zero-order valence-electron chi connectivity index (χ0n) is 10.4. The summed E-state index contributed by atoms with van der Waals surface area (Å²) in [5.41, 5.74) is 1.56. The van der Waals surface area contributed by atoms with Crippen LogP contribution in [0.5, 0.6) is 5.75 Å². The Morgan fingerprint density at radius 2 is 2.11 bits per heavy atom. The van der Waals surface area contributed by atoms with Crippen LogP contribution in [0, 0.1) is 10.8 Å². The zero-order valence-corrected chi connectivity index (χ0v) is 10.4. The number of nitroso groups, excluding NO2 is 1. The highest BCUT2D eigenvalue weighted by Gasteiger charge is 2.35. The van der Waals surface area contributed by atoms with Gasteiger partial charge < -0.3 is 9.94 Å². The van der Waals surface area contributed by atoms with E-state index in [1.807, 2.05) is 6.92 Å². The fraction of sp³-hybridized carbons (Fsp3) is 0.385. The van der Waals surface area contributed by atoms with E-state index in [0.717, 1.165) is 17.7 Å². The van der Waals surface area contributed by atoms with Crippen molar-refractivity contribution in [1.82, 2.24) is 0 Å². The molecule has 0 radical (unpaired) electrons. The predicted molar refractivity (Wildman–Crippen MR) is 68.7 cm³/mol. The number of hydrogen-bond acceptors (Lipinski definition) is 5. The van der Waals surface area contributed by atoms with E-state index in [-0.39, 0.29) is 18.1 Å². The van der Waals surface area contributed by atoms with Gasteiger partial charge in [0.1, 0.15) is 11.9 Å². The molecule has 1 amide bonds. The first-order valence-corrected chi connectivity index (χ1v) is 6.05. The molecule has 1 N–H and O–H groups in total. The number of nitrogens with zero attached hydrogens (tertiary/aromatic N) is 2. The standard InChI is InChI=1S/C13H14N2O4/c1-2-10-11(7-12(17)14-18)19-15-13(10)8-3-5-9(16)6-4-8/h3-6,10-11,16H,2,7H2,1H3. The number of phenols is 1. The first-order valence-electron chi connectivity index (χ1n) is 6.05. The Morgan fingerprint density at radius 1 is 1.42 bits per heavy atom. The van der Waals surface area contributed by atoms with Gasteiger partial charge in [-0.1, -0.05) is 12.1 Å². The lowest BCUT2D eigenvalue weighted by atomic mass is 9.88. The summed E-state index contributed by atoms with van der Waals surface area (Å²) in [4.78, 5) is 26.5. The average Bonchev–Trinajstić information content (AvgIpc) is 2.82. The van der Waals surface area contributed by atoms with E-state index in [1.54, 1.807) is 24.3 Å². The van der Waals surface area contributed by atoms with Gasteiger partial charge in [-0.3, -0.25) is 4.79 Å². The van der Waals surface area contributed by atoms with Crippen molar-refractivity contribution in [3.05, 3.63) is 34.7 Å². The van der Waals surface area contributed by atoms with Gasteiger partial charge in [-0.15, -0.1) is 4.91 Å². The highest BCUT2D eigenvalue weighted by Crippen LogP contribution is 2.28. The van der Waals surface area contributed by atoms with E-state index in [1.165, 1.54) is 0 Å². The zero-order chi connectivity index (χ0) is 13.8. The summed E-state index contributed by atoms with van der Waals surface area (Å²) in [6.45, 7) is 1.96. The minimum atomic E-state index is -0.731. The second kappa shape index (κ2) is 5.60. The third-order valence-corrected chi connectivity index (χ3v) is 3.17. The Kier molecular flexibility index (Phi) is 3.89. The summed E-state index contributed by atoms with van der Waals surface area (Å²) in [5, 5.41) is 15.6. The van der Waals surface area contributed by atoms with E-state index in [0.29, 0.717) is 0 Å². The molecule has 1 heterocycles. The minimum absolute atomic E-state index is 0.0600. The maximum atomic E-state index is 11.1. The number of benzene rings is 1. The number of hydrogen-bond donors (Lipinski definition) is 1. The van der Waals surface area contributed by atoms with Gasteiger partial charge in [0, 0.05) is 11.1 Å². The Labute approximate surface area is 110 Å². The normalized spacial score (nSPS) is 21.6. The number of carbonyl (C=O) groups is 1. The summed E-state index contributed by atoms with van der Waals surface area (Å²) in [6.07, 6.45) is 0.225. The van der Waals surface area contributed by atoms with E-state index in [2.05, 4.69) is 10.3 Å². The summed E-state index contributed by atoms with van der Waals surface area (Å²) >= 11 is 0. The van der Waals surface area contributed by atoms with Gasteiger partial charge in [-0.25, -0.2) is 0 Å². The Morgan fingerprint density at radius 3 is 2.68 bits per heavy atom. The first-order chi connectivity index (χ1) is 9.15. The summed E-state index contributed by atoms with van der Waals surface area (Å²) in [6, 6.07) is 6.61. The Bertz CT molecular complexity index is 510. The van der Waals surface area contributed by atoms with E-state index in [9.17, 15) is 14.8 Å². The maximum absolute atomic E-state index is 11.1. The van der Waals surface area contributed by atoms with Crippen LogP contribution in [-0.2, 0) is 9.63 Å². The van der Waals surface area contributed by atoms with Crippen molar-refractivity contribution < 1.29 is 14.7 Å². The number of rotatable bonds is 4. The van der Waals surface area contributed by atoms with E-state index >= 15 is 0 Å². The fourth-order valence-corrected chi connectivity index (χ4v) is 2.19. The van der Waals surface area contributed by atoms with E-state index < -0.39 is 12.0 Å². The number of carbonyl (C=O) groups excluding carboxylic acids is 1. The maximum Gasteiger partial charge on any atom is 0.290 e. The van der Waals surface area contributed by atoms with Crippen molar-refractivity contribution in [3.63, 3.8) is 0 Å². The monoisotopic (exact) mass is 262 g/mol. The van der Waals surface area contributed by atoms with Crippen molar-refractivity contribution >= 4 is 11.6 Å². The van der Waals surface area contributed by atoms with Gasteiger partial charge >= 0.3 is 0 Å². The SMILES string of the molecule is CCC1C(c2ccc(O)cc2)=NOC1CC(=O)N=O. The molecule has 6 nitrogen and oxygen atoms in total. The van der Waals surface area contributed by atoms with Gasteiger partial charge in [-0.2, -0.15) is 0 Å². The molecule has 0 saturated carbocycles. The molecule has 0 spiro atoms. The lowest BCUT2D eigenvalue weighted by Gasteiger charge is -2.15. The molecular formula is C13H14N2O4. The van der Waals surface area contributed by atoms with Gasteiger partial charge in [0.2, 0.25) is 0 Å². The second-order valence-electron chi connectivity index (χ2n) is 4.37. The first kappa shape index (κ1) is 13.2. The van der Waals surface area contributed by atoms with Gasteiger partial charge in [0.25, 0.3) is 5.91 Å². The molecule has 0 aromatic heterocycles. The van der Waals surface area contributed by atoms with Crippen molar-refractivity contribution in [2.24, 2.45) is 16.3 Å². The third kappa shape index (κ3) is 2.78. The van der Waals surface area contributed by atoms with Crippen LogP contribution < -0.4 is 0 Å². The topological polar surface area (TPSA) is 88.3 Å². The lowest BCUT2D eigenvalue weighted by molar-refractivity contribution is -0.120. The lowest BCUT2D eigenvalue weighted by Crippen LogP contribution is -2.25. The van der Waals surface area contributed by atoms with Crippen LogP contribution in [0.1, 0.15) is 25.3 Å². The van der Waals surface area contributed by atoms with Crippen molar-refractivity contribution in [1.29, 1.82) is 0 Å². The van der Waals surface area contributed by atoms with Crippen molar-refractivity contribution in [2.75, 3.05) is 0 Å². The van der Waals surface area contributed by atoms with Crippen LogP contribution in [-0.4, -0.2) is 22.8 Å². The van der Waals surface area contributed by atoms with Crippen LogP contribution in [0.2, 0.25) is 0 Å². The molecule has 1 aromatic carbocycles. The summed E-state index contributed by atoms with van der Waals surface area (Å²) < 4.78 is 0. The van der Waals surface area contributed by atoms with Gasteiger partial charge in [0.15, 0.2) is 0 Å². The minimum Gasteiger partial charge on any atom is -0.508 e. The van der Waals surface area contributed by atoms with Crippen molar-refractivity contribution in [3.8, 4) is 5.75 Å². The molecule has 1 aliphatic heterocycles. The predicted octanol–water partition coefficient (Wildman–Crippen LogP) is 2.20. The highest BCUT2D eigenvalue weighted by atomic mass is 16.6. The molecule has 1 aromatic rings. The molecule has 2 unspecified atom stereocenters. The van der Waals surface area contributed by atoms with Gasteiger partial charge in [-0.05, 0) is 36.2 Å². The second-order valence-corrected chi connectivity index (χ2v) is 4.37. The molecule has 0 bridgehead atoms. The molecule has 6 heteroatoms. The number of oxime groups is 1. The molecule has 0 saturated heterocycles. The van der Waals surface area contributed by atoms with Crippen LogP contribution in [0.3, 0.4) is 0 Å². The number of amides is 1. The third-order valence-electron chi connectivity index (χ3n) is 3.17.